The molecule has 4 nitrogen and oxygen atoms in total. The van der Waals surface area contributed by atoms with Crippen LogP contribution in [0.3, 0.4) is 0 Å². The molecule has 1 aromatic rings. The number of carbonyl (C=O) groups is 1. The predicted octanol–water partition coefficient (Wildman–Crippen LogP) is 3.69. The molecule has 1 aliphatic rings. The van der Waals surface area contributed by atoms with Gasteiger partial charge in [0.05, 0.1) is 6.54 Å². The van der Waals surface area contributed by atoms with Gasteiger partial charge >= 0.3 is 18.0 Å². The summed E-state index contributed by atoms with van der Waals surface area (Å²) in [5, 5.41) is 1.96. The van der Waals surface area contributed by atoms with Gasteiger partial charge in [-0.25, -0.2) is 0 Å². The van der Waals surface area contributed by atoms with Gasteiger partial charge < -0.3 is 10.6 Å². The second-order valence-electron chi connectivity index (χ2n) is 5.23. The van der Waals surface area contributed by atoms with Crippen molar-refractivity contribution in [2.24, 2.45) is 4.99 Å². The van der Waals surface area contributed by atoms with Gasteiger partial charge in [0, 0.05) is 16.1 Å². The summed E-state index contributed by atoms with van der Waals surface area (Å²) in [6.07, 6.45) is -11.7. The zero-order valence-electron chi connectivity index (χ0n) is 12.8. The van der Waals surface area contributed by atoms with Crippen molar-refractivity contribution < 1.29 is 31.1 Å². The van der Waals surface area contributed by atoms with Crippen LogP contribution in [0, 0.1) is 0 Å². The zero-order chi connectivity index (χ0) is 19.6. The van der Waals surface area contributed by atoms with Crippen LogP contribution in [0.15, 0.2) is 35.3 Å². The molecule has 1 aliphatic heterocycles. The molecule has 26 heavy (non-hydrogen) atoms. The number of benzene rings is 1. The third-order valence-corrected chi connectivity index (χ3v) is 5.68. The van der Waals surface area contributed by atoms with Crippen LogP contribution in [-0.4, -0.2) is 46.2 Å². The molecular weight excluding hydrogens is 452 g/mol. The van der Waals surface area contributed by atoms with E-state index in [2.05, 4.69) is 20.9 Å². The summed E-state index contributed by atoms with van der Waals surface area (Å²) in [5.74, 6) is -1.52. The van der Waals surface area contributed by atoms with Gasteiger partial charge in [0.2, 0.25) is 0 Å². The van der Waals surface area contributed by atoms with Crippen molar-refractivity contribution >= 4 is 38.8 Å². The average Bonchev–Trinajstić information content (AvgIpc) is 3.00. The lowest BCUT2D eigenvalue weighted by Gasteiger charge is -2.38. The van der Waals surface area contributed by atoms with Crippen molar-refractivity contribution in [2.45, 2.75) is 23.3 Å². The van der Waals surface area contributed by atoms with Crippen molar-refractivity contribution in [2.75, 3.05) is 11.9 Å². The van der Waals surface area contributed by atoms with Crippen LogP contribution < -0.4 is 10.6 Å². The first-order valence-corrected chi connectivity index (χ1v) is 9.06. The van der Waals surface area contributed by atoms with Gasteiger partial charge in [0.25, 0.3) is 5.91 Å². The van der Waals surface area contributed by atoms with Crippen LogP contribution in [0.2, 0.25) is 0 Å². The average molecular weight is 464 g/mol. The summed E-state index contributed by atoms with van der Waals surface area (Å²) in [4.78, 5) is 15.7. The Morgan fingerprint density at radius 3 is 2.19 bits per heavy atom. The number of hydrogen-bond acceptors (Lipinski definition) is 4. The van der Waals surface area contributed by atoms with E-state index < -0.39 is 29.1 Å². The number of halogens is 7. The molecule has 144 valence electrons. The van der Waals surface area contributed by atoms with Crippen LogP contribution in [0.25, 0.3) is 0 Å². The molecule has 0 saturated heterocycles. The van der Waals surface area contributed by atoms with E-state index in [-0.39, 0.29) is 17.4 Å². The molecule has 0 bridgehead atoms. The number of rotatable bonds is 4. The molecule has 1 amide bonds. The molecule has 2 rings (SSSR count). The third kappa shape index (κ3) is 4.27. The van der Waals surface area contributed by atoms with Gasteiger partial charge in [-0.1, -0.05) is 45.9 Å². The summed E-state index contributed by atoms with van der Waals surface area (Å²) < 4.78 is 81.1. The Morgan fingerprint density at radius 1 is 1.15 bits per heavy atom. The van der Waals surface area contributed by atoms with E-state index in [0.29, 0.717) is 5.33 Å². The summed E-state index contributed by atoms with van der Waals surface area (Å²) >= 11 is 3.83. The van der Waals surface area contributed by atoms with Gasteiger partial charge in [0.15, 0.2) is 5.17 Å². The molecule has 2 N–H and O–H groups in total. The standard InChI is InChI=1S/C14H12BrF6N3OS/c15-6-9-7-22-11(26-9)24-12(13(16,17)18,14(19,20)21)23-10(25)8-4-2-1-3-5-8/h1-5,9H,6-7H2,(H,22,24)(H,23,25)/t9-/m1/s1. The number of thioether (sulfide) groups is 1. The monoisotopic (exact) mass is 463 g/mol. The fourth-order valence-electron chi connectivity index (χ4n) is 2.03. The van der Waals surface area contributed by atoms with Crippen LogP contribution in [0.5, 0.6) is 0 Å². The van der Waals surface area contributed by atoms with E-state index >= 15 is 0 Å². The topological polar surface area (TPSA) is 53.5 Å². The molecule has 0 aliphatic carbocycles. The van der Waals surface area contributed by atoms with E-state index in [1.165, 1.54) is 23.5 Å². The fraction of sp³-hybridized carbons (Fsp3) is 0.429. The Kier molecular flexibility index (Phi) is 6.16. The normalized spacial score (nSPS) is 18.4. The van der Waals surface area contributed by atoms with E-state index in [1.54, 1.807) is 0 Å². The van der Waals surface area contributed by atoms with Crippen molar-refractivity contribution in [3.8, 4) is 0 Å². The summed E-state index contributed by atoms with van der Waals surface area (Å²) in [6.45, 7) is 0.0523. The molecule has 1 atom stereocenters. The lowest BCUT2D eigenvalue weighted by molar-refractivity contribution is -0.309. The van der Waals surface area contributed by atoms with Gasteiger partial charge in [0.1, 0.15) is 0 Å². The Balaban J connectivity index is 2.39. The minimum atomic E-state index is -5.87. The first kappa shape index (κ1) is 20.9. The van der Waals surface area contributed by atoms with Gasteiger partial charge in [-0.05, 0) is 12.1 Å². The Morgan fingerprint density at radius 2 is 1.73 bits per heavy atom. The van der Waals surface area contributed by atoms with E-state index in [4.69, 9.17) is 0 Å². The molecule has 1 heterocycles. The molecule has 1 aromatic carbocycles. The lowest BCUT2D eigenvalue weighted by Crippen LogP contribution is -2.76. The summed E-state index contributed by atoms with van der Waals surface area (Å²) in [7, 11) is 0. The molecular formula is C14H12BrF6N3OS. The Labute approximate surface area is 156 Å². The maximum absolute atomic E-state index is 13.5. The smallest absolute Gasteiger partial charge is 0.327 e. The minimum Gasteiger partial charge on any atom is -0.327 e. The molecule has 0 unspecified atom stereocenters. The highest BCUT2D eigenvalue weighted by atomic mass is 79.9. The van der Waals surface area contributed by atoms with Crippen LogP contribution in [0.4, 0.5) is 26.3 Å². The van der Waals surface area contributed by atoms with Gasteiger partial charge in [-0.3, -0.25) is 9.79 Å². The highest BCUT2D eigenvalue weighted by Gasteiger charge is 2.73. The number of aliphatic imine (C=N–C) groups is 1. The van der Waals surface area contributed by atoms with E-state index in [0.717, 1.165) is 29.2 Å². The SMILES string of the molecule is O=C(NC(NC1=NC[C@@H](CBr)S1)(C(F)(F)F)C(F)(F)F)c1ccccc1. The number of nitrogens with one attached hydrogen (secondary N) is 2. The number of hydrogen-bond donors (Lipinski definition) is 2. The van der Waals surface area contributed by atoms with Crippen molar-refractivity contribution in [1.82, 2.24) is 10.6 Å². The largest absolute Gasteiger partial charge is 0.439 e. The van der Waals surface area contributed by atoms with Crippen molar-refractivity contribution in [3.63, 3.8) is 0 Å². The maximum Gasteiger partial charge on any atom is 0.439 e. The van der Waals surface area contributed by atoms with E-state index in [1.807, 2.05) is 0 Å². The highest BCUT2D eigenvalue weighted by molar-refractivity contribution is 9.09. The second-order valence-corrected chi connectivity index (χ2v) is 7.17. The predicted molar refractivity (Wildman–Crippen MR) is 89.4 cm³/mol. The first-order valence-electron chi connectivity index (χ1n) is 7.06. The van der Waals surface area contributed by atoms with Gasteiger partial charge in [-0.15, -0.1) is 0 Å². The molecule has 0 aromatic heterocycles. The number of amides is 1. The second kappa shape index (κ2) is 7.67. The van der Waals surface area contributed by atoms with Crippen molar-refractivity contribution in [3.05, 3.63) is 35.9 Å². The van der Waals surface area contributed by atoms with E-state index in [9.17, 15) is 31.1 Å². The summed E-state index contributed by atoms with van der Waals surface area (Å²) in [5.41, 5.74) is -5.01. The lowest BCUT2D eigenvalue weighted by atomic mass is 10.1. The Bertz CT molecular complexity index is 665. The molecule has 0 saturated carbocycles. The highest BCUT2D eigenvalue weighted by Crippen LogP contribution is 2.42. The maximum atomic E-state index is 13.5. The number of alkyl halides is 7. The van der Waals surface area contributed by atoms with Gasteiger partial charge in [-0.2, -0.15) is 26.3 Å². The van der Waals surface area contributed by atoms with Crippen LogP contribution in [0.1, 0.15) is 10.4 Å². The number of amidine groups is 1. The third-order valence-electron chi connectivity index (χ3n) is 3.37. The fourth-order valence-corrected chi connectivity index (χ4v) is 3.52. The Hall–Kier alpha value is -1.43. The number of nitrogens with zero attached hydrogens (tertiary/aromatic N) is 1. The molecule has 0 spiro atoms. The number of carbonyl (C=O) groups excluding carboxylic acids is 1. The minimum absolute atomic E-state index is 0.0523. The summed E-state index contributed by atoms with van der Waals surface area (Å²) in [6, 6.07) is 6.33. The zero-order valence-corrected chi connectivity index (χ0v) is 15.2. The van der Waals surface area contributed by atoms with Crippen LogP contribution >= 0.6 is 27.7 Å². The molecule has 0 radical (unpaired) electrons. The van der Waals surface area contributed by atoms with Crippen molar-refractivity contribution in [1.29, 1.82) is 0 Å². The molecule has 0 fully saturated rings. The quantitative estimate of drug-likeness (QED) is 0.406. The molecule has 12 heteroatoms. The first-order chi connectivity index (χ1) is 12.0. The van der Waals surface area contributed by atoms with Crippen LogP contribution in [-0.2, 0) is 0 Å².